The molecule has 0 spiro atoms. The lowest BCUT2D eigenvalue weighted by atomic mass is 9.98. The van der Waals surface area contributed by atoms with Crippen molar-refractivity contribution in [1.82, 2.24) is 4.98 Å². The molecule has 1 aliphatic heterocycles. The fourth-order valence-electron chi connectivity index (χ4n) is 2.71. The molecule has 1 saturated heterocycles. The Morgan fingerprint density at radius 1 is 1.39 bits per heavy atom. The minimum Gasteiger partial charge on any atom is -0.463 e. The molecule has 0 aromatic carbocycles. The Morgan fingerprint density at radius 3 is 2.68 bits per heavy atom. The number of hydrogen-bond donors (Lipinski definition) is 1. The van der Waals surface area contributed by atoms with Crippen molar-refractivity contribution in [2.24, 2.45) is 5.73 Å². The fraction of sp³-hybridized carbons (Fsp3) is 0.529. The molecule has 0 saturated carbocycles. The second-order valence-electron chi connectivity index (χ2n) is 5.93. The van der Waals surface area contributed by atoms with Gasteiger partial charge in [0.1, 0.15) is 36.4 Å². The lowest BCUT2D eigenvalue weighted by Gasteiger charge is -2.43. The summed E-state index contributed by atoms with van der Waals surface area (Å²) < 4.78 is 22.5. The van der Waals surface area contributed by atoms with Crippen molar-refractivity contribution < 1.29 is 28.5 Å². The molecule has 1 aromatic heterocycles. The van der Waals surface area contributed by atoms with Gasteiger partial charge in [-0.3, -0.25) is 9.59 Å². The van der Waals surface area contributed by atoms with Crippen LogP contribution >= 0.6 is 27.7 Å². The number of carbonyl (C=O) groups is 2. The number of thioether (sulfide) groups is 1. The molecular formula is C17H20BrN3O6S. The number of ether oxygens (including phenoxy) is 4. The van der Waals surface area contributed by atoms with Crippen LogP contribution in [0, 0.1) is 11.3 Å². The summed E-state index contributed by atoms with van der Waals surface area (Å²) >= 11 is 4.53. The minimum absolute atomic E-state index is 0.143. The number of nitrogens with two attached hydrogens (primary N) is 1. The predicted molar refractivity (Wildman–Crippen MR) is 102 cm³/mol. The summed E-state index contributed by atoms with van der Waals surface area (Å²) in [5, 5.41) is 9.30. The van der Waals surface area contributed by atoms with Gasteiger partial charge in [0.25, 0.3) is 0 Å². The van der Waals surface area contributed by atoms with Crippen LogP contribution in [-0.2, 0) is 28.5 Å². The number of hydrogen-bond acceptors (Lipinski definition) is 10. The number of nitriles is 1. The third kappa shape index (κ3) is 5.65. The van der Waals surface area contributed by atoms with Gasteiger partial charge in [-0.25, -0.2) is 4.98 Å². The van der Waals surface area contributed by atoms with E-state index in [4.69, 9.17) is 24.7 Å². The first kappa shape index (κ1) is 22.6. The van der Waals surface area contributed by atoms with Gasteiger partial charge in [-0.15, -0.1) is 0 Å². The third-order valence-corrected chi connectivity index (χ3v) is 5.51. The smallest absolute Gasteiger partial charge is 0.303 e. The highest BCUT2D eigenvalue weighted by Gasteiger charge is 2.47. The zero-order valence-corrected chi connectivity index (χ0v) is 17.9. The number of aromatic nitrogens is 1. The average Bonchev–Trinajstić information content (AvgIpc) is 2.62. The van der Waals surface area contributed by atoms with E-state index < -0.39 is 41.7 Å². The van der Waals surface area contributed by atoms with E-state index in [1.165, 1.54) is 38.9 Å². The van der Waals surface area contributed by atoms with Crippen molar-refractivity contribution in [3.8, 4) is 6.07 Å². The monoisotopic (exact) mass is 473 g/mol. The lowest BCUT2D eigenvalue weighted by Crippen LogP contribution is -2.63. The van der Waals surface area contributed by atoms with Crippen molar-refractivity contribution in [1.29, 1.82) is 5.26 Å². The zero-order chi connectivity index (χ0) is 20.8. The molecule has 5 unspecified atom stereocenters. The summed E-state index contributed by atoms with van der Waals surface area (Å²) in [6, 6.07) is 3.01. The third-order valence-electron chi connectivity index (χ3n) is 3.90. The van der Waals surface area contributed by atoms with Gasteiger partial charge in [0, 0.05) is 36.5 Å². The summed E-state index contributed by atoms with van der Waals surface area (Å²) in [6.07, 6.45) is -0.801. The quantitative estimate of drug-likeness (QED) is 0.603. The van der Waals surface area contributed by atoms with Crippen LogP contribution in [0.15, 0.2) is 21.6 Å². The van der Waals surface area contributed by atoms with Gasteiger partial charge in [-0.2, -0.15) is 5.26 Å². The molecular weight excluding hydrogens is 454 g/mol. The van der Waals surface area contributed by atoms with Crippen LogP contribution in [0.5, 0.6) is 0 Å². The SMILES string of the molecule is COC1C(Sc2cc(Br)cnc2C#N)OC(COC(C)=O)C(OC(C)=O)C1N. The van der Waals surface area contributed by atoms with E-state index in [9.17, 15) is 14.9 Å². The zero-order valence-electron chi connectivity index (χ0n) is 15.5. The Hall–Kier alpha value is -1.71. The topological polar surface area (TPSA) is 134 Å². The van der Waals surface area contributed by atoms with Crippen LogP contribution in [0.3, 0.4) is 0 Å². The first-order valence-electron chi connectivity index (χ1n) is 8.23. The van der Waals surface area contributed by atoms with Crippen molar-refractivity contribution in [2.75, 3.05) is 13.7 Å². The Kier molecular flexibility index (Phi) is 8.21. The highest BCUT2D eigenvalue weighted by molar-refractivity contribution is 9.10. The molecule has 1 fully saturated rings. The Labute approximate surface area is 175 Å². The van der Waals surface area contributed by atoms with Gasteiger partial charge in [0.05, 0.1) is 6.04 Å². The number of esters is 2. The molecule has 9 nitrogen and oxygen atoms in total. The standard InChI is InChI=1S/C17H20BrN3O6S/c1-8(22)25-7-12-15(26-9(2)23)14(20)16(24-3)17(27-12)28-13-4-10(18)6-21-11(13)5-19/h4,6,12,14-17H,7,20H2,1-3H3. The Morgan fingerprint density at radius 2 is 2.11 bits per heavy atom. The fourth-order valence-corrected chi connectivity index (χ4v) is 4.47. The van der Waals surface area contributed by atoms with E-state index in [2.05, 4.69) is 20.9 Å². The van der Waals surface area contributed by atoms with Crippen LogP contribution in [0.25, 0.3) is 0 Å². The van der Waals surface area contributed by atoms with Crippen LogP contribution in [0.2, 0.25) is 0 Å². The maximum Gasteiger partial charge on any atom is 0.303 e. The van der Waals surface area contributed by atoms with Crippen LogP contribution < -0.4 is 5.73 Å². The van der Waals surface area contributed by atoms with E-state index >= 15 is 0 Å². The van der Waals surface area contributed by atoms with Crippen molar-refractivity contribution in [2.45, 2.75) is 48.5 Å². The van der Waals surface area contributed by atoms with Gasteiger partial charge in [0.15, 0.2) is 5.69 Å². The van der Waals surface area contributed by atoms with Crippen LogP contribution in [0.1, 0.15) is 19.5 Å². The van der Waals surface area contributed by atoms with E-state index in [1.807, 2.05) is 6.07 Å². The van der Waals surface area contributed by atoms with E-state index in [0.717, 1.165) is 0 Å². The van der Waals surface area contributed by atoms with Crippen molar-refractivity contribution in [3.63, 3.8) is 0 Å². The largest absolute Gasteiger partial charge is 0.463 e. The number of nitrogens with zero attached hydrogens (tertiary/aromatic N) is 2. The first-order chi connectivity index (χ1) is 13.3. The molecule has 1 aromatic rings. The van der Waals surface area contributed by atoms with Gasteiger partial charge < -0.3 is 24.7 Å². The van der Waals surface area contributed by atoms with E-state index in [1.54, 1.807) is 6.07 Å². The molecule has 152 valence electrons. The molecule has 5 atom stereocenters. The molecule has 11 heteroatoms. The van der Waals surface area contributed by atoms with Gasteiger partial charge in [-0.1, -0.05) is 11.8 Å². The highest BCUT2D eigenvalue weighted by Crippen LogP contribution is 2.37. The Balaban J connectivity index is 2.30. The van der Waals surface area contributed by atoms with Gasteiger partial charge in [0.2, 0.25) is 0 Å². The molecule has 0 bridgehead atoms. The van der Waals surface area contributed by atoms with Crippen LogP contribution in [-0.4, -0.2) is 60.4 Å². The summed E-state index contributed by atoms with van der Waals surface area (Å²) in [4.78, 5) is 27.3. The normalized spacial score (nSPS) is 26.9. The maximum atomic E-state index is 11.5. The van der Waals surface area contributed by atoms with Gasteiger partial charge in [-0.05, 0) is 22.0 Å². The lowest BCUT2D eigenvalue weighted by molar-refractivity contribution is -0.196. The Bertz CT molecular complexity index is 774. The number of methoxy groups -OCH3 is 1. The van der Waals surface area contributed by atoms with Crippen molar-refractivity contribution in [3.05, 3.63) is 22.4 Å². The number of rotatable bonds is 6. The number of halogens is 1. The second-order valence-corrected chi connectivity index (χ2v) is 7.98. The summed E-state index contributed by atoms with van der Waals surface area (Å²) in [6.45, 7) is 2.38. The minimum atomic E-state index is -0.866. The highest BCUT2D eigenvalue weighted by atomic mass is 79.9. The van der Waals surface area contributed by atoms with E-state index in [0.29, 0.717) is 9.37 Å². The average molecular weight is 474 g/mol. The second kappa shape index (κ2) is 10.2. The molecule has 2 N–H and O–H groups in total. The summed E-state index contributed by atoms with van der Waals surface area (Å²) in [5.41, 5.74) is 5.86. The van der Waals surface area contributed by atoms with Crippen LogP contribution in [0.4, 0.5) is 0 Å². The van der Waals surface area contributed by atoms with Gasteiger partial charge >= 0.3 is 11.9 Å². The maximum absolute atomic E-state index is 11.5. The van der Waals surface area contributed by atoms with Crippen molar-refractivity contribution >= 4 is 39.6 Å². The number of pyridine rings is 1. The molecule has 0 radical (unpaired) electrons. The first-order valence-corrected chi connectivity index (χ1v) is 9.90. The summed E-state index contributed by atoms with van der Waals surface area (Å²) in [5.74, 6) is -1.04. The molecule has 0 amide bonds. The summed E-state index contributed by atoms with van der Waals surface area (Å²) in [7, 11) is 1.46. The van der Waals surface area contributed by atoms with E-state index in [-0.39, 0.29) is 12.3 Å². The molecule has 1 aliphatic rings. The molecule has 28 heavy (non-hydrogen) atoms. The molecule has 2 rings (SSSR count). The molecule has 0 aliphatic carbocycles. The number of carbonyl (C=O) groups excluding carboxylic acids is 2. The molecule has 2 heterocycles. The predicted octanol–water partition coefficient (Wildman–Crippen LogP) is 1.37.